The SMILES string of the molecule is CN(C)c1ccc([C@H](CNS(=O)(=O)c2cccs2)N2CCCC2)cc1. The lowest BCUT2D eigenvalue weighted by molar-refractivity contribution is 0.246. The Morgan fingerprint density at radius 3 is 2.40 bits per heavy atom. The Balaban J connectivity index is 1.78. The quantitative estimate of drug-likeness (QED) is 0.804. The van der Waals surface area contributed by atoms with Gasteiger partial charge in [0.25, 0.3) is 0 Å². The molecule has 0 aliphatic carbocycles. The zero-order valence-corrected chi connectivity index (χ0v) is 16.3. The minimum Gasteiger partial charge on any atom is -0.378 e. The van der Waals surface area contributed by atoms with Crippen molar-refractivity contribution in [3.8, 4) is 0 Å². The normalized spacial score (nSPS) is 16.9. The van der Waals surface area contributed by atoms with Gasteiger partial charge in [-0.2, -0.15) is 0 Å². The van der Waals surface area contributed by atoms with Gasteiger partial charge in [-0.1, -0.05) is 18.2 Å². The fourth-order valence-corrected chi connectivity index (χ4v) is 5.26. The van der Waals surface area contributed by atoms with E-state index in [4.69, 9.17) is 0 Å². The van der Waals surface area contributed by atoms with E-state index in [1.54, 1.807) is 17.5 Å². The van der Waals surface area contributed by atoms with Crippen LogP contribution in [0.15, 0.2) is 46.0 Å². The van der Waals surface area contributed by atoms with Gasteiger partial charge >= 0.3 is 0 Å². The summed E-state index contributed by atoms with van der Waals surface area (Å²) in [6, 6.07) is 11.9. The predicted octanol–water partition coefficient (Wildman–Crippen LogP) is 2.93. The molecule has 1 saturated heterocycles. The topological polar surface area (TPSA) is 52.7 Å². The molecule has 0 radical (unpaired) electrons. The van der Waals surface area contributed by atoms with Gasteiger partial charge in [0.05, 0.1) is 0 Å². The van der Waals surface area contributed by atoms with E-state index in [0.29, 0.717) is 10.8 Å². The van der Waals surface area contributed by atoms with Crippen LogP contribution in [0, 0.1) is 0 Å². The Kier molecular flexibility index (Phi) is 5.78. The maximum Gasteiger partial charge on any atom is 0.250 e. The van der Waals surface area contributed by atoms with Crippen molar-refractivity contribution in [2.45, 2.75) is 23.1 Å². The van der Waals surface area contributed by atoms with Crippen LogP contribution in [0.4, 0.5) is 5.69 Å². The highest BCUT2D eigenvalue weighted by Crippen LogP contribution is 2.27. The van der Waals surface area contributed by atoms with Gasteiger partial charge in [0.15, 0.2) is 0 Å². The number of rotatable bonds is 7. The third kappa shape index (κ3) is 4.41. The van der Waals surface area contributed by atoms with E-state index >= 15 is 0 Å². The van der Waals surface area contributed by atoms with Crippen molar-refractivity contribution in [3.63, 3.8) is 0 Å². The Morgan fingerprint density at radius 2 is 1.84 bits per heavy atom. The van der Waals surface area contributed by atoms with Gasteiger partial charge in [-0.15, -0.1) is 11.3 Å². The lowest BCUT2D eigenvalue weighted by atomic mass is 10.1. The van der Waals surface area contributed by atoms with Crippen molar-refractivity contribution in [3.05, 3.63) is 47.3 Å². The Morgan fingerprint density at radius 1 is 1.16 bits per heavy atom. The number of hydrogen-bond donors (Lipinski definition) is 1. The second-order valence-corrected chi connectivity index (χ2v) is 9.47. The standard InChI is InChI=1S/C18H25N3O2S2/c1-20(2)16-9-7-15(8-10-16)17(21-11-3-4-12-21)14-19-25(22,23)18-6-5-13-24-18/h5-10,13,17,19H,3-4,11-12,14H2,1-2H3/t17-/m0/s1. The molecular weight excluding hydrogens is 354 g/mol. The van der Waals surface area contributed by atoms with Crippen molar-refractivity contribution in [1.29, 1.82) is 0 Å². The van der Waals surface area contributed by atoms with Crippen molar-refractivity contribution in [2.75, 3.05) is 38.6 Å². The molecular formula is C18H25N3O2S2. The summed E-state index contributed by atoms with van der Waals surface area (Å²) in [5.41, 5.74) is 2.30. The van der Waals surface area contributed by atoms with Gasteiger partial charge in [-0.25, -0.2) is 13.1 Å². The lowest BCUT2D eigenvalue weighted by Gasteiger charge is -2.28. The van der Waals surface area contributed by atoms with Crippen LogP contribution in [0.5, 0.6) is 0 Å². The van der Waals surface area contributed by atoms with Crippen LogP contribution in [0.1, 0.15) is 24.4 Å². The zero-order chi connectivity index (χ0) is 17.9. The summed E-state index contributed by atoms with van der Waals surface area (Å²) in [6.07, 6.45) is 2.34. The maximum atomic E-state index is 12.5. The first-order valence-electron chi connectivity index (χ1n) is 8.52. The molecule has 7 heteroatoms. The first-order chi connectivity index (χ1) is 12.0. The molecule has 0 bridgehead atoms. The molecule has 136 valence electrons. The zero-order valence-electron chi connectivity index (χ0n) is 14.7. The average molecular weight is 380 g/mol. The highest BCUT2D eigenvalue weighted by molar-refractivity contribution is 7.91. The van der Waals surface area contributed by atoms with Gasteiger partial charge in [0.1, 0.15) is 4.21 Å². The van der Waals surface area contributed by atoms with Crippen LogP contribution in [-0.2, 0) is 10.0 Å². The van der Waals surface area contributed by atoms with E-state index in [1.165, 1.54) is 24.2 Å². The molecule has 1 aromatic carbocycles. The molecule has 2 aromatic rings. The molecule has 3 rings (SSSR count). The number of nitrogens with one attached hydrogen (secondary N) is 1. The van der Waals surface area contributed by atoms with Gasteiger partial charge in [-0.3, -0.25) is 4.90 Å². The third-order valence-electron chi connectivity index (χ3n) is 4.60. The summed E-state index contributed by atoms with van der Waals surface area (Å²) in [4.78, 5) is 4.44. The molecule has 0 saturated carbocycles. The summed E-state index contributed by atoms with van der Waals surface area (Å²) in [7, 11) is 0.594. The van der Waals surface area contributed by atoms with Crippen LogP contribution in [0.25, 0.3) is 0 Å². The number of thiophene rings is 1. The lowest BCUT2D eigenvalue weighted by Crippen LogP contribution is -2.36. The van der Waals surface area contributed by atoms with Crippen molar-refractivity contribution >= 4 is 27.0 Å². The van der Waals surface area contributed by atoms with E-state index in [1.807, 2.05) is 14.1 Å². The molecule has 25 heavy (non-hydrogen) atoms. The molecule has 1 aromatic heterocycles. The highest BCUT2D eigenvalue weighted by atomic mass is 32.2. The largest absolute Gasteiger partial charge is 0.378 e. The first kappa shape index (κ1) is 18.4. The number of nitrogens with zero attached hydrogens (tertiary/aromatic N) is 2. The van der Waals surface area contributed by atoms with Crippen LogP contribution >= 0.6 is 11.3 Å². The maximum absolute atomic E-state index is 12.5. The second kappa shape index (κ2) is 7.86. The minimum absolute atomic E-state index is 0.0634. The van der Waals surface area contributed by atoms with E-state index in [2.05, 4.69) is 38.8 Å². The number of hydrogen-bond acceptors (Lipinski definition) is 5. The van der Waals surface area contributed by atoms with Gasteiger partial charge in [-0.05, 0) is 55.1 Å². The molecule has 2 heterocycles. The van der Waals surface area contributed by atoms with Gasteiger partial charge in [0, 0.05) is 32.4 Å². The van der Waals surface area contributed by atoms with Crippen molar-refractivity contribution < 1.29 is 8.42 Å². The molecule has 0 unspecified atom stereocenters. The van der Waals surface area contributed by atoms with E-state index < -0.39 is 10.0 Å². The molecule has 1 atom stereocenters. The first-order valence-corrected chi connectivity index (χ1v) is 10.9. The number of sulfonamides is 1. The van der Waals surface area contributed by atoms with Crippen LogP contribution < -0.4 is 9.62 Å². The Labute approximate surface area is 154 Å². The molecule has 5 nitrogen and oxygen atoms in total. The average Bonchev–Trinajstić information content (AvgIpc) is 3.29. The Bertz CT molecular complexity index is 765. The molecule has 1 fully saturated rings. The highest BCUT2D eigenvalue weighted by Gasteiger charge is 2.26. The summed E-state index contributed by atoms with van der Waals surface area (Å²) >= 11 is 1.25. The summed E-state index contributed by atoms with van der Waals surface area (Å²) in [5.74, 6) is 0. The van der Waals surface area contributed by atoms with Crippen molar-refractivity contribution in [2.24, 2.45) is 0 Å². The van der Waals surface area contributed by atoms with E-state index in [9.17, 15) is 8.42 Å². The third-order valence-corrected chi connectivity index (χ3v) is 7.42. The molecule has 1 aliphatic rings. The fourth-order valence-electron chi connectivity index (χ4n) is 3.18. The number of likely N-dealkylation sites (tertiary alicyclic amines) is 1. The Hall–Kier alpha value is -1.41. The van der Waals surface area contributed by atoms with E-state index in [0.717, 1.165) is 24.3 Å². The van der Waals surface area contributed by atoms with E-state index in [-0.39, 0.29) is 6.04 Å². The van der Waals surface area contributed by atoms with Gasteiger partial charge in [0.2, 0.25) is 10.0 Å². The monoisotopic (exact) mass is 379 g/mol. The fraction of sp³-hybridized carbons (Fsp3) is 0.444. The number of benzene rings is 1. The van der Waals surface area contributed by atoms with Crippen LogP contribution in [0.2, 0.25) is 0 Å². The van der Waals surface area contributed by atoms with Gasteiger partial charge < -0.3 is 4.90 Å². The predicted molar refractivity (Wildman–Crippen MR) is 104 cm³/mol. The van der Waals surface area contributed by atoms with Crippen molar-refractivity contribution in [1.82, 2.24) is 9.62 Å². The summed E-state index contributed by atoms with van der Waals surface area (Å²) in [6.45, 7) is 2.42. The summed E-state index contributed by atoms with van der Waals surface area (Å²) in [5, 5.41) is 1.78. The molecule has 0 spiro atoms. The van der Waals surface area contributed by atoms with Crippen LogP contribution in [0.3, 0.4) is 0 Å². The van der Waals surface area contributed by atoms with Crippen LogP contribution in [-0.4, -0.2) is 47.0 Å². The smallest absolute Gasteiger partial charge is 0.250 e. The molecule has 1 N–H and O–H groups in total. The molecule has 1 aliphatic heterocycles. The summed E-state index contributed by atoms with van der Waals surface area (Å²) < 4.78 is 28.1. The molecule has 0 amide bonds. The second-order valence-electron chi connectivity index (χ2n) is 6.53. The number of anilines is 1. The minimum atomic E-state index is -3.44.